The Labute approximate surface area is 106 Å². The summed E-state index contributed by atoms with van der Waals surface area (Å²) in [6.45, 7) is 2.04. The van der Waals surface area contributed by atoms with Crippen LogP contribution in [0.5, 0.6) is 0 Å². The fraction of sp³-hybridized carbons (Fsp3) is 0.500. The highest BCUT2D eigenvalue weighted by Crippen LogP contribution is 2.35. The number of cyclic esters (lactones) is 1. The summed E-state index contributed by atoms with van der Waals surface area (Å²) < 4.78 is 11.0. The summed E-state index contributed by atoms with van der Waals surface area (Å²) in [6.07, 6.45) is 1.54. The van der Waals surface area contributed by atoms with Crippen LogP contribution < -0.4 is 0 Å². The normalized spacial score (nSPS) is 21.1. The van der Waals surface area contributed by atoms with Crippen molar-refractivity contribution in [2.24, 2.45) is 0 Å². The largest absolute Gasteiger partial charge is 0.421 e. The molecule has 0 saturated heterocycles. The van der Waals surface area contributed by atoms with Crippen LogP contribution in [-0.2, 0) is 14.3 Å². The summed E-state index contributed by atoms with van der Waals surface area (Å²) >= 11 is 6.48. The molecule has 0 amide bonds. The Morgan fingerprint density at radius 2 is 2.27 bits per heavy atom. The van der Waals surface area contributed by atoms with E-state index in [2.05, 4.69) is 31.9 Å². The van der Waals surface area contributed by atoms with Crippen LogP contribution in [0.3, 0.4) is 0 Å². The minimum atomic E-state index is -0.340. The topological polar surface area (TPSA) is 35.5 Å². The Kier molecular flexibility index (Phi) is 5.02. The molecule has 84 valence electrons. The lowest BCUT2D eigenvalue weighted by molar-refractivity contribution is -0.134. The molecular weight excluding hydrogens is 328 g/mol. The second-order valence-electron chi connectivity index (χ2n) is 3.10. The molecule has 1 unspecified atom stereocenters. The van der Waals surface area contributed by atoms with Crippen LogP contribution in [0, 0.1) is 0 Å². The second-order valence-corrected chi connectivity index (χ2v) is 4.35. The van der Waals surface area contributed by atoms with Crippen molar-refractivity contribution in [2.45, 2.75) is 25.9 Å². The summed E-state index contributed by atoms with van der Waals surface area (Å²) in [5.74, 6) is 0.154. The van der Waals surface area contributed by atoms with Gasteiger partial charge in [-0.1, -0.05) is 29.3 Å². The predicted molar refractivity (Wildman–Crippen MR) is 64.8 cm³/mol. The fourth-order valence-corrected chi connectivity index (χ4v) is 2.65. The van der Waals surface area contributed by atoms with E-state index in [0.717, 1.165) is 12.8 Å². The van der Waals surface area contributed by atoms with E-state index in [1.54, 1.807) is 12.1 Å². The van der Waals surface area contributed by atoms with Gasteiger partial charge in [-0.3, -0.25) is 0 Å². The van der Waals surface area contributed by atoms with Crippen LogP contribution in [0.1, 0.15) is 19.8 Å². The van der Waals surface area contributed by atoms with E-state index in [1.165, 1.54) is 0 Å². The minimum absolute atomic E-state index is 0.207. The number of carbonyl (C=O) groups excluding carboxylic acids is 1. The number of esters is 1. The molecule has 0 aliphatic carbocycles. The average molecular weight is 340 g/mol. The molecule has 0 spiro atoms. The molecule has 1 aliphatic rings. The molecule has 0 aromatic carbocycles. The quantitative estimate of drug-likeness (QED) is 0.737. The van der Waals surface area contributed by atoms with Crippen molar-refractivity contribution in [3.05, 3.63) is 20.8 Å². The molecule has 3 nitrogen and oxygen atoms in total. The van der Waals surface area contributed by atoms with Crippen LogP contribution in [0.2, 0.25) is 0 Å². The fourth-order valence-electron chi connectivity index (χ4n) is 1.41. The van der Waals surface area contributed by atoms with E-state index < -0.39 is 0 Å². The van der Waals surface area contributed by atoms with Crippen molar-refractivity contribution in [1.82, 2.24) is 0 Å². The molecule has 1 heterocycles. The number of methoxy groups -OCH3 is 1. The second kappa shape index (κ2) is 5.82. The highest BCUT2D eigenvalue weighted by atomic mass is 79.9. The Morgan fingerprint density at radius 3 is 2.67 bits per heavy atom. The van der Waals surface area contributed by atoms with Crippen LogP contribution in [0.25, 0.3) is 0 Å². The molecular formula is C10H12Br2O3. The summed E-state index contributed by atoms with van der Waals surface area (Å²) in [5, 5.41) is 0. The summed E-state index contributed by atoms with van der Waals surface area (Å²) in [6, 6.07) is 0. The number of allylic oxidation sites excluding steroid dienone is 1. The molecule has 0 N–H and O–H groups in total. The first kappa shape index (κ1) is 12.9. The van der Waals surface area contributed by atoms with Crippen molar-refractivity contribution in [1.29, 1.82) is 0 Å². The highest BCUT2D eigenvalue weighted by molar-refractivity contribution is 9.12. The summed E-state index contributed by atoms with van der Waals surface area (Å²) in [7, 11) is 1.59. The number of carbonyl (C=O) groups is 1. The predicted octanol–water partition coefficient (Wildman–Crippen LogP) is 3.24. The smallest absolute Gasteiger partial charge is 0.343 e. The van der Waals surface area contributed by atoms with Crippen molar-refractivity contribution in [3.63, 3.8) is 0 Å². The molecule has 0 aromatic rings. The van der Waals surface area contributed by atoms with Crippen LogP contribution >= 0.6 is 31.9 Å². The zero-order valence-electron chi connectivity index (χ0n) is 8.55. The van der Waals surface area contributed by atoms with Crippen molar-refractivity contribution >= 4 is 37.8 Å². The number of halogens is 2. The van der Waals surface area contributed by atoms with E-state index in [1.807, 2.05) is 6.92 Å². The number of rotatable bonds is 4. The molecule has 0 bridgehead atoms. The Morgan fingerprint density at radius 1 is 1.60 bits per heavy atom. The summed E-state index contributed by atoms with van der Waals surface area (Å²) in [5.41, 5.74) is 0.560. The molecule has 1 atom stereocenters. The first-order valence-corrected chi connectivity index (χ1v) is 6.31. The lowest BCUT2D eigenvalue weighted by Crippen LogP contribution is -2.18. The van der Waals surface area contributed by atoms with E-state index in [9.17, 15) is 4.79 Å². The molecule has 0 radical (unpaired) electrons. The van der Waals surface area contributed by atoms with Crippen LogP contribution in [0.4, 0.5) is 0 Å². The average Bonchev–Trinajstić information content (AvgIpc) is 2.51. The first-order valence-electron chi connectivity index (χ1n) is 4.61. The Hall–Kier alpha value is -0.130. The lowest BCUT2D eigenvalue weighted by Gasteiger charge is -2.13. The zero-order valence-corrected chi connectivity index (χ0v) is 11.7. The van der Waals surface area contributed by atoms with Gasteiger partial charge in [0.25, 0.3) is 0 Å². The maximum Gasteiger partial charge on any atom is 0.343 e. The van der Waals surface area contributed by atoms with Gasteiger partial charge in [-0.15, -0.1) is 0 Å². The van der Waals surface area contributed by atoms with Gasteiger partial charge >= 0.3 is 5.97 Å². The summed E-state index contributed by atoms with van der Waals surface area (Å²) in [4.78, 5) is 13.1. The standard InChI is InChI=1S/C10H12Br2O3/c1-3-4-6(14-2)8-9(12)7(5-11)15-10(8)13/h5-6H,3-4H2,1-2H3/b7-5-. The third-order valence-electron chi connectivity index (χ3n) is 2.13. The van der Waals surface area contributed by atoms with Gasteiger partial charge in [0.15, 0.2) is 5.76 Å². The third-order valence-corrected chi connectivity index (χ3v) is 3.37. The Balaban J connectivity index is 3.00. The maximum atomic E-state index is 11.6. The number of hydrogen-bond acceptors (Lipinski definition) is 3. The number of ether oxygens (including phenoxy) is 2. The molecule has 0 fully saturated rings. The van der Waals surface area contributed by atoms with Crippen molar-refractivity contribution in [2.75, 3.05) is 7.11 Å². The van der Waals surface area contributed by atoms with Gasteiger partial charge in [-0.2, -0.15) is 0 Å². The molecule has 0 aromatic heterocycles. The van der Waals surface area contributed by atoms with Crippen molar-refractivity contribution in [3.8, 4) is 0 Å². The van der Waals surface area contributed by atoms with Gasteiger partial charge in [-0.05, 0) is 22.4 Å². The molecule has 1 rings (SSSR count). The van der Waals surface area contributed by atoms with E-state index in [4.69, 9.17) is 9.47 Å². The molecule has 0 saturated carbocycles. The molecule has 15 heavy (non-hydrogen) atoms. The minimum Gasteiger partial charge on any atom is -0.421 e. The van der Waals surface area contributed by atoms with Gasteiger partial charge < -0.3 is 9.47 Å². The monoisotopic (exact) mass is 338 g/mol. The van der Waals surface area contributed by atoms with Gasteiger partial charge in [-0.25, -0.2) is 4.79 Å². The Bertz CT molecular complexity index is 321. The number of hydrogen-bond donors (Lipinski definition) is 0. The van der Waals surface area contributed by atoms with E-state index in [-0.39, 0.29) is 12.1 Å². The van der Waals surface area contributed by atoms with Gasteiger partial charge in [0.2, 0.25) is 0 Å². The van der Waals surface area contributed by atoms with E-state index in [0.29, 0.717) is 15.8 Å². The third kappa shape index (κ3) is 2.71. The molecule has 5 heteroatoms. The van der Waals surface area contributed by atoms with Crippen molar-refractivity contribution < 1.29 is 14.3 Å². The van der Waals surface area contributed by atoms with Gasteiger partial charge in [0.1, 0.15) is 0 Å². The first-order chi connectivity index (χ1) is 7.15. The van der Waals surface area contributed by atoms with Gasteiger partial charge in [0, 0.05) is 12.1 Å². The lowest BCUT2D eigenvalue weighted by atomic mass is 10.1. The van der Waals surface area contributed by atoms with Crippen LogP contribution in [0.15, 0.2) is 20.8 Å². The maximum absolute atomic E-state index is 11.6. The highest BCUT2D eigenvalue weighted by Gasteiger charge is 2.33. The van der Waals surface area contributed by atoms with E-state index >= 15 is 0 Å². The zero-order chi connectivity index (χ0) is 11.4. The van der Waals surface area contributed by atoms with Crippen LogP contribution in [-0.4, -0.2) is 19.2 Å². The molecule has 1 aliphatic heterocycles. The van der Waals surface area contributed by atoms with Gasteiger partial charge in [0.05, 0.1) is 16.2 Å². The SMILES string of the molecule is CCCC(OC)C1=C(Br)/C(=C/Br)OC1=O.